The Labute approximate surface area is 209 Å². The molecule has 2 N–H and O–H groups in total. The summed E-state index contributed by atoms with van der Waals surface area (Å²) in [7, 11) is 0. The lowest BCUT2D eigenvalue weighted by Gasteiger charge is -2.26. The lowest BCUT2D eigenvalue weighted by atomic mass is 9.98. The average molecular weight is 485 g/mol. The minimum Gasteiger partial charge on any atom is -0.480 e. The number of benzene rings is 3. The van der Waals surface area contributed by atoms with Gasteiger partial charge >= 0.3 is 12.1 Å². The van der Waals surface area contributed by atoms with Crippen molar-refractivity contribution in [3.63, 3.8) is 0 Å². The fraction of sp³-hybridized carbons (Fsp3) is 0.276. The number of hydrogen-bond donors (Lipinski definition) is 2. The second kappa shape index (κ2) is 10.2. The quantitative estimate of drug-likeness (QED) is 0.524. The van der Waals surface area contributed by atoms with Crippen LogP contribution < -0.4 is 5.32 Å². The molecule has 0 radical (unpaired) electrons. The molecule has 2 aliphatic rings. The molecule has 0 spiro atoms. The number of carboxylic acids is 1. The fourth-order valence-corrected chi connectivity index (χ4v) is 5.25. The zero-order valence-corrected chi connectivity index (χ0v) is 19.8. The Morgan fingerprint density at radius 2 is 1.53 bits per heavy atom. The van der Waals surface area contributed by atoms with Gasteiger partial charge in [-0.15, -0.1) is 0 Å². The molecule has 0 aromatic heterocycles. The van der Waals surface area contributed by atoms with Gasteiger partial charge in [-0.2, -0.15) is 0 Å². The van der Waals surface area contributed by atoms with Crippen LogP contribution >= 0.6 is 0 Å². The second-order valence-corrected chi connectivity index (χ2v) is 9.24. The van der Waals surface area contributed by atoms with Crippen LogP contribution in [0.25, 0.3) is 11.1 Å². The molecular formula is C29H28N2O5. The third-order valence-corrected chi connectivity index (χ3v) is 7.02. The smallest absolute Gasteiger partial charge is 0.410 e. The van der Waals surface area contributed by atoms with E-state index in [1.807, 2.05) is 54.6 Å². The maximum absolute atomic E-state index is 13.1. The number of carboxylic acid groups (broad SMARTS) is 1. The van der Waals surface area contributed by atoms with Gasteiger partial charge in [0.25, 0.3) is 0 Å². The number of rotatable bonds is 7. The molecule has 1 fully saturated rings. The van der Waals surface area contributed by atoms with E-state index in [1.54, 1.807) is 0 Å². The Morgan fingerprint density at radius 3 is 2.17 bits per heavy atom. The summed E-state index contributed by atoms with van der Waals surface area (Å²) in [6.45, 7) is 0.564. The van der Waals surface area contributed by atoms with Gasteiger partial charge in [-0.25, -0.2) is 9.59 Å². The molecule has 1 saturated heterocycles. The highest BCUT2D eigenvalue weighted by atomic mass is 16.6. The van der Waals surface area contributed by atoms with Gasteiger partial charge in [-0.3, -0.25) is 9.69 Å². The number of ether oxygens (including phenoxy) is 1. The molecule has 0 saturated carbocycles. The van der Waals surface area contributed by atoms with Crippen molar-refractivity contribution in [3.05, 3.63) is 95.6 Å². The Balaban J connectivity index is 1.24. The van der Waals surface area contributed by atoms with Gasteiger partial charge in [-0.05, 0) is 40.7 Å². The van der Waals surface area contributed by atoms with Crippen LogP contribution in [0.5, 0.6) is 0 Å². The molecule has 5 rings (SSSR count). The molecule has 184 valence electrons. The van der Waals surface area contributed by atoms with Crippen LogP contribution in [0.2, 0.25) is 0 Å². The number of amides is 2. The van der Waals surface area contributed by atoms with Gasteiger partial charge in [0.1, 0.15) is 18.7 Å². The lowest BCUT2D eigenvalue weighted by Crippen LogP contribution is -2.51. The van der Waals surface area contributed by atoms with Crippen molar-refractivity contribution in [2.45, 2.75) is 37.3 Å². The summed E-state index contributed by atoms with van der Waals surface area (Å²) in [6.07, 6.45) is 0.732. The Hall–Kier alpha value is -4.13. The number of likely N-dealkylation sites (tertiary alicyclic amines) is 1. The maximum Gasteiger partial charge on any atom is 0.410 e. The largest absolute Gasteiger partial charge is 0.480 e. The maximum atomic E-state index is 13.1. The van der Waals surface area contributed by atoms with Crippen LogP contribution in [0.4, 0.5) is 4.79 Å². The predicted molar refractivity (Wildman–Crippen MR) is 135 cm³/mol. The number of fused-ring (bicyclic) bond motifs is 3. The summed E-state index contributed by atoms with van der Waals surface area (Å²) < 4.78 is 5.74. The minimum atomic E-state index is -1.11. The van der Waals surface area contributed by atoms with Crippen molar-refractivity contribution < 1.29 is 24.2 Å². The zero-order chi connectivity index (χ0) is 25.1. The Morgan fingerprint density at radius 1 is 0.917 bits per heavy atom. The van der Waals surface area contributed by atoms with E-state index in [9.17, 15) is 19.5 Å². The fourth-order valence-electron chi connectivity index (χ4n) is 5.25. The van der Waals surface area contributed by atoms with Crippen LogP contribution in [0.1, 0.15) is 35.4 Å². The number of carbonyl (C=O) groups excluding carboxylic acids is 2. The van der Waals surface area contributed by atoms with E-state index in [1.165, 1.54) is 4.90 Å². The molecule has 7 nitrogen and oxygen atoms in total. The van der Waals surface area contributed by atoms with Crippen LogP contribution in [-0.4, -0.2) is 53.2 Å². The third-order valence-electron chi connectivity index (χ3n) is 7.02. The van der Waals surface area contributed by atoms with E-state index in [-0.39, 0.29) is 18.9 Å². The first-order valence-electron chi connectivity index (χ1n) is 12.2. The molecule has 2 unspecified atom stereocenters. The van der Waals surface area contributed by atoms with Gasteiger partial charge in [0.2, 0.25) is 5.91 Å². The monoisotopic (exact) mass is 484 g/mol. The van der Waals surface area contributed by atoms with Gasteiger partial charge in [-0.1, -0.05) is 78.9 Å². The van der Waals surface area contributed by atoms with Gasteiger partial charge in [0.05, 0.1) is 0 Å². The van der Waals surface area contributed by atoms with Crippen LogP contribution in [0.15, 0.2) is 78.9 Å². The SMILES string of the molecule is O=C(O)C(Cc1ccccc1)NC(=O)C1CCCN1C(=O)OCC1c2ccccc2-c2ccccc21. The Bertz CT molecular complexity index is 1230. The molecule has 2 amide bonds. The average Bonchev–Trinajstić information content (AvgIpc) is 3.51. The highest BCUT2D eigenvalue weighted by Crippen LogP contribution is 2.44. The highest BCUT2D eigenvalue weighted by Gasteiger charge is 2.38. The van der Waals surface area contributed by atoms with Gasteiger partial charge in [0.15, 0.2) is 0 Å². The van der Waals surface area contributed by atoms with Crippen molar-refractivity contribution in [1.29, 1.82) is 0 Å². The second-order valence-electron chi connectivity index (χ2n) is 9.24. The molecule has 3 aromatic carbocycles. The van der Waals surface area contributed by atoms with Crippen molar-refractivity contribution in [1.82, 2.24) is 10.2 Å². The van der Waals surface area contributed by atoms with Crippen molar-refractivity contribution in [2.75, 3.05) is 13.2 Å². The molecule has 36 heavy (non-hydrogen) atoms. The first kappa shape index (κ1) is 23.6. The number of nitrogens with one attached hydrogen (secondary N) is 1. The van der Waals surface area contributed by atoms with Gasteiger partial charge < -0.3 is 15.2 Å². The molecule has 1 aliphatic heterocycles. The van der Waals surface area contributed by atoms with Crippen molar-refractivity contribution >= 4 is 18.0 Å². The van der Waals surface area contributed by atoms with E-state index in [0.29, 0.717) is 19.4 Å². The van der Waals surface area contributed by atoms with E-state index in [2.05, 4.69) is 29.6 Å². The summed E-state index contributed by atoms with van der Waals surface area (Å²) in [5.74, 6) is -1.65. The molecular weight excluding hydrogens is 456 g/mol. The van der Waals surface area contributed by atoms with E-state index in [4.69, 9.17) is 4.74 Å². The number of carbonyl (C=O) groups is 3. The molecule has 7 heteroatoms. The summed E-state index contributed by atoms with van der Waals surface area (Å²) in [4.78, 5) is 39.3. The van der Waals surface area contributed by atoms with Crippen molar-refractivity contribution in [2.24, 2.45) is 0 Å². The molecule has 1 aliphatic carbocycles. The summed E-state index contributed by atoms with van der Waals surface area (Å²) in [5.41, 5.74) is 5.33. The van der Waals surface area contributed by atoms with E-state index < -0.39 is 30.1 Å². The molecule has 1 heterocycles. The summed E-state index contributed by atoms with van der Waals surface area (Å²) in [6, 6.07) is 23.5. The molecule has 3 aromatic rings. The predicted octanol–water partition coefficient (Wildman–Crippen LogP) is 4.21. The van der Waals surface area contributed by atoms with Crippen LogP contribution in [0, 0.1) is 0 Å². The van der Waals surface area contributed by atoms with E-state index >= 15 is 0 Å². The number of nitrogens with zero attached hydrogens (tertiary/aromatic N) is 1. The summed E-state index contributed by atoms with van der Waals surface area (Å²) in [5, 5.41) is 12.3. The van der Waals surface area contributed by atoms with E-state index in [0.717, 1.165) is 27.8 Å². The molecule has 0 bridgehead atoms. The standard InChI is InChI=1S/C29H28N2O5/c32-27(30-25(28(33)34)17-19-9-2-1-3-10-19)26-15-8-16-31(26)29(35)36-18-24-22-13-6-4-11-20(22)21-12-5-7-14-23(21)24/h1-7,9-14,24-26H,8,15-18H2,(H,30,32)(H,33,34). The first-order chi connectivity index (χ1) is 17.5. The lowest BCUT2D eigenvalue weighted by molar-refractivity contribution is -0.142. The third kappa shape index (κ3) is 4.69. The number of aliphatic carboxylic acids is 1. The Kier molecular flexibility index (Phi) is 6.71. The number of hydrogen-bond acceptors (Lipinski definition) is 4. The minimum absolute atomic E-state index is 0.0708. The first-order valence-corrected chi connectivity index (χ1v) is 12.2. The molecule has 2 atom stereocenters. The zero-order valence-electron chi connectivity index (χ0n) is 19.8. The van der Waals surface area contributed by atoms with Crippen LogP contribution in [-0.2, 0) is 20.7 Å². The van der Waals surface area contributed by atoms with Crippen molar-refractivity contribution in [3.8, 4) is 11.1 Å². The van der Waals surface area contributed by atoms with Gasteiger partial charge in [0, 0.05) is 18.9 Å². The normalized spacial score (nSPS) is 17.2. The topological polar surface area (TPSA) is 95.9 Å². The van der Waals surface area contributed by atoms with Crippen LogP contribution in [0.3, 0.4) is 0 Å². The highest BCUT2D eigenvalue weighted by molar-refractivity contribution is 5.90. The summed E-state index contributed by atoms with van der Waals surface area (Å²) >= 11 is 0.